The topological polar surface area (TPSA) is 455 Å². The lowest BCUT2D eigenvalue weighted by Crippen LogP contribution is -2.69. The lowest BCUT2D eigenvalue weighted by atomic mass is 9.46. The molecule has 0 aromatic carbocycles. The summed E-state index contributed by atoms with van der Waals surface area (Å²) in [6, 6.07) is 0. The van der Waals surface area contributed by atoms with Crippen molar-refractivity contribution in [2.24, 2.45) is 46.3 Å². The summed E-state index contributed by atoms with van der Waals surface area (Å²) in [7, 11) is 0. The fraction of sp³-hybridized carbons (Fsp3) is 0.964. The zero-order chi connectivity index (χ0) is 61.1. The number of rotatable bonds is 14. The molecule has 0 amide bonds. The van der Waals surface area contributed by atoms with E-state index in [9.17, 15) is 86.8 Å². The summed E-state index contributed by atoms with van der Waals surface area (Å²) in [4.78, 5) is 0. The van der Waals surface area contributed by atoms with E-state index in [2.05, 4.69) is 33.8 Å². The maximum atomic E-state index is 12.3. The van der Waals surface area contributed by atoms with Gasteiger partial charge in [0.25, 0.3) is 0 Å². The molecular formula is C56H90O29. The minimum atomic E-state index is -2.22. The van der Waals surface area contributed by atoms with Crippen LogP contribution < -0.4 is 0 Å². The average Bonchev–Trinajstić information content (AvgIpc) is 1.59. The Balaban J connectivity index is 0.807. The van der Waals surface area contributed by atoms with E-state index >= 15 is 0 Å². The normalized spacial score (nSPS) is 57.1. The van der Waals surface area contributed by atoms with Crippen molar-refractivity contribution in [1.82, 2.24) is 0 Å². The highest BCUT2D eigenvalue weighted by atomic mass is 16.8. The number of hydrogen-bond donors (Lipinski definition) is 17. The van der Waals surface area contributed by atoms with Gasteiger partial charge in [-0.2, -0.15) is 0 Å². The SMILES string of the molecule is C[C@@H]1CC[C@]2(OC1)O[C@H]1[C@H](O)[C@H]3[C@H]4CC=C5C[C@@H](O[C@H]6O[C@@H](CO)[C@H](O[C@H]7O[C@@H](CO)[C@H](O)[C@@H](O[C@H]8OC[C@H](O)[C@@H](O)[C@@H]8O)[C@@H]7O[C@H]7O[C@@H](CO)[C@H](O)[C@@H](O[C@H]8O[C@@H](CO)[C@H](O)[C@@H](O)[C@@H]8O)[C@@H]7O)[C@@H](O)[C@@H]6O)[C@H](O)C[C@]5(C)[C@H]4CC[C@@]3(C)[C@H]1[C@@H]2C. The number of aliphatic hydroxyl groups is 17. The summed E-state index contributed by atoms with van der Waals surface area (Å²) in [5, 5.41) is 188. The van der Waals surface area contributed by atoms with Gasteiger partial charge in [-0.05, 0) is 73.0 Å². The molecule has 4 aliphatic carbocycles. The van der Waals surface area contributed by atoms with E-state index in [1.165, 1.54) is 0 Å². The van der Waals surface area contributed by atoms with Crippen LogP contribution in [0.25, 0.3) is 0 Å². The molecule has 0 radical (unpaired) electrons. The lowest BCUT2D eigenvalue weighted by Gasteiger charge is -2.59. The minimum Gasteiger partial charge on any atom is -0.394 e. The third-order valence-electron chi connectivity index (χ3n) is 21.6. The third-order valence-corrected chi connectivity index (χ3v) is 21.6. The van der Waals surface area contributed by atoms with E-state index in [-0.39, 0.29) is 54.0 Å². The van der Waals surface area contributed by atoms with Gasteiger partial charge in [0, 0.05) is 18.3 Å². The summed E-state index contributed by atoms with van der Waals surface area (Å²) in [6.07, 6.45) is -41.9. The second-order valence-corrected chi connectivity index (χ2v) is 26.5. The molecule has 488 valence electrons. The zero-order valence-corrected chi connectivity index (χ0v) is 47.9. The highest BCUT2D eigenvalue weighted by Crippen LogP contribution is 2.71. The predicted molar refractivity (Wildman–Crippen MR) is 278 cm³/mol. The maximum absolute atomic E-state index is 12.3. The van der Waals surface area contributed by atoms with Crippen LogP contribution in [0.1, 0.15) is 72.6 Å². The number of ether oxygens (including phenoxy) is 12. The summed E-state index contributed by atoms with van der Waals surface area (Å²) in [6.45, 7) is 5.08. The highest BCUT2D eigenvalue weighted by molar-refractivity contribution is 5.28. The maximum Gasteiger partial charge on any atom is 0.187 e. The van der Waals surface area contributed by atoms with Crippen molar-refractivity contribution in [3.8, 4) is 0 Å². The molecule has 0 bridgehead atoms. The van der Waals surface area contributed by atoms with E-state index in [0.717, 1.165) is 31.3 Å². The molecule has 17 N–H and O–H groups in total. The van der Waals surface area contributed by atoms with Gasteiger partial charge in [0.2, 0.25) is 0 Å². The van der Waals surface area contributed by atoms with Gasteiger partial charge in [0.1, 0.15) is 116 Å². The molecule has 1 spiro atoms. The molecule has 3 saturated carbocycles. The van der Waals surface area contributed by atoms with Gasteiger partial charge in [-0.15, -0.1) is 0 Å². The molecule has 7 aliphatic heterocycles. The van der Waals surface area contributed by atoms with Crippen LogP contribution >= 0.6 is 0 Å². The molecule has 0 unspecified atom stereocenters. The summed E-state index contributed by atoms with van der Waals surface area (Å²) < 4.78 is 72.7. The Hall–Kier alpha value is -1.42. The molecule has 7 saturated heterocycles. The first kappa shape index (κ1) is 65.1. The van der Waals surface area contributed by atoms with Crippen LogP contribution in [-0.4, -0.2) is 304 Å². The monoisotopic (exact) mass is 1230 g/mol. The van der Waals surface area contributed by atoms with Crippen LogP contribution in [0.15, 0.2) is 11.6 Å². The van der Waals surface area contributed by atoms with Gasteiger partial charge >= 0.3 is 0 Å². The molecule has 29 nitrogen and oxygen atoms in total. The summed E-state index contributed by atoms with van der Waals surface area (Å²) >= 11 is 0. The smallest absolute Gasteiger partial charge is 0.187 e. The number of aliphatic hydroxyl groups excluding tert-OH is 17. The molecule has 10 fully saturated rings. The summed E-state index contributed by atoms with van der Waals surface area (Å²) in [5.41, 5.74) is 0.335. The van der Waals surface area contributed by atoms with E-state index in [1.807, 2.05) is 0 Å². The largest absolute Gasteiger partial charge is 0.394 e. The predicted octanol–water partition coefficient (Wildman–Crippen LogP) is -6.58. The first-order valence-corrected chi connectivity index (χ1v) is 30.1. The zero-order valence-electron chi connectivity index (χ0n) is 47.9. The fourth-order valence-corrected chi connectivity index (χ4v) is 16.8. The first-order chi connectivity index (χ1) is 40.3. The van der Waals surface area contributed by atoms with Crippen LogP contribution in [0.5, 0.6) is 0 Å². The van der Waals surface area contributed by atoms with Gasteiger partial charge < -0.3 is 144 Å². The number of fused-ring (bicyclic) bond motifs is 7. The number of hydrogen-bond acceptors (Lipinski definition) is 29. The van der Waals surface area contributed by atoms with Gasteiger partial charge in [-0.1, -0.05) is 39.3 Å². The first-order valence-electron chi connectivity index (χ1n) is 30.1. The quantitative estimate of drug-likeness (QED) is 0.0719. The van der Waals surface area contributed by atoms with Crippen molar-refractivity contribution in [2.45, 2.75) is 250 Å². The van der Waals surface area contributed by atoms with Gasteiger partial charge in [0.15, 0.2) is 37.2 Å². The molecule has 37 atom stereocenters. The van der Waals surface area contributed by atoms with Crippen molar-refractivity contribution in [1.29, 1.82) is 0 Å². The van der Waals surface area contributed by atoms with Crippen LogP contribution in [0.3, 0.4) is 0 Å². The lowest BCUT2D eigenvalue weighted by molar-refractivity contribution is -0.409. The average molecular weight is 1230 g/mol. The van der Waals surface area contributed by atoms with Crippen LogP contribution in [0, 0.1) is 46.3 Å². The van der Waals surface area contributed by atoms with Crippen molar-refractivity contribution in [3.63, 3.8) is 0 Å². The Kier molecular flexibility index (Phi) is 19.3. The van der Waals surface area contributed by atoms with Crippen LogP contribution in [0.2, 0.25) is 0 Å². The fourth-order valence-electron chi connectivity index (χ4n) is 16.8. The molecule has 0 aromatic rings. The van der Waals surface area contributed by atoms with Crippen molar-refractivity contribution in [2.75, 3.05) is 39.6 Å². The Bertz CT molecular complexity index is 2280. The summed E-state index contributed by atoms with van der Waals surface area (Å²) in [5.74, 6) is 0.0964. The second-order valence-electron chi connectivity index (χ2n) is 26.5. The Labute approximate surface area is 490 Å². The van der Waals surface area contributed by atoms with Crippen LogP contribution in [0.4, 0.5) is 0 Å². The highest BCUT2D eigenvalue weighted by Gasteiger charge is 2.72. The van der Waals surface area contributed by atoms with E-state index < -0.39 is 210 Å². The van der Waals surface area contributed by atoms with Gasteiger partial charge in [-0.25, -0.2) is 0 Å². The van der Waals surface area contributed by atoms with E-state index in [0.29, 0.717) is 18.9 Å². The van der Waals surface area contributed by atoms with Gasteiger partial charge in [0.05, 0.1) is 64.1 Å². The van der Waals surface area contributed by atoms with Crippen molar-refractivity contribution >= 4 is 0 Å². The molecule has 0 aromatic heterocycles. The third kappa shape index (κ3) is 11.2. The van der Waals surface area contributed by atoms with Gasteiger partial charge in [-0.3, -0.25) is 0 Å². The standard InChI is InChI=1S/C56H90O29/c1-19-7-10-56(75-17-19)20(2)31-45(85-56)37(67)32-22-6-5-21-11-26(24(61)12-55(21,4)23(22)8-9-54(31,32)3)76-50-42(72)39(69)44(30(16-60)80-50)81-53-48(47(36(66)29(15-59)79-53)83-49-40(70)33(63)25(62)18-74-49)84-52-43(73)46(35(65)28(14-58)78-52)82-51-41(71)38(68)34(64)27(13-57)77-51/h5,19-20,22-53,57-73H,6-18H2,1-4H3/t19-,20+,22+,23+,24-,25+,26-,27+,28+,29+,30+,31+,32-,33-,34+,35+,36+,37-,38-,39+,40+,41+,42+,43+,44+,45-,46-,47-,48+,49-,50+,51-,52-,53-,54+,55+,56+/m1/s1. The Morgan fingerprint density at radius 1 is 0.506 bits per heavy atom. The second kappa shape index (κ2) is 25.2. The van der Waals surface area contributed by atoms with E-state index in [4.69, 9.17) is 56.8 Å². The Morgan fingerprint density at radius 2 is 1.07 bits per heavy atom. The number of allylic oxidation sites excluding steroid dienone is 1. The van der Waals surface area contributed by atoms with Crippen molar-refractivity contribution < 1.29 is 144 Å². The van der Waals surface area contributed by atoms with Crippen LogP contribution in [-0.2, 0) is 56.8 Å². The molecule has 7 heterocycles. The van der Waals surface area contributed by atoms with Crippen molar-refractivity contribution in [3.05, 3.63) is 11.6 Å². The Morgan fingerprint density at radius 3 is 1.73 bits per heavy atom. The molecule has 11 aliphatic rings. The molecule has 11 rings (SSSR count). The van der Waals surface area contributed by atoms with E-state index in [1.54, 1.807) is 0 Å². The minimum absolute atomic E-state index is 0.0521. The molecule has 29 heteroatoms. The molecular weight excluding hydrogens is 1140 g/mol. The molecule has 85 heavy (non-hydrogen) atoms.